The van der Waals surface area contributed by atoms with Crippen molar-refractivity contribution in [1.29, 1.82) is 0 Å². The van der Waals surface area contributed by atoms with E-state index in [-0.39, 0.29) is 17.2 Å². The van der Waals surface area contributed by atoms with Gasteiger partial charge in [0, 0.05) is 12.0 Å². The number of carbonyl (C=O) groups is 1. The first-order chi connectivity index (χ1) is 7.50. The highest BCUT2D eigenvalue weighted by Crippen LogP contribution is 2.37. The summed E-state index contributed by atoms with van der Waals surface area (Å²) in [5.74, 6) is 0.966. The molecule has 1 aliphatic heterocycles. The van der Waals surface area contributed by atoms with Crippen molar-refractivity contribution in [2.75, 3.05) is 13.1 Å². The van der Waals surface area contributed by atoms with Crippen LogP contribution in [0.1, 0.15) is 40.0 Å². The highest BCUT2D eigenvalue weighted by atomic mass is 16.2. The predicted molar refractivity (Wildman–Crippen MR) is 65.1 cm³/mol. The van der Waals surface area contributed by atoms with E-state index in [2.05, 4.69) is 31.4 Å². The van der Waals surface area contributed by atoms with Gasteiger partial charge < -0.3 is 10.6 Å². The smallest absolute Gasteiger partial charge is 0.223 e. The van der Waals surface area contributed by atoms with E-state index in [0.29, 0.717) is 12.0 Å². The summed E-state index contributed by atoms with van der Waals surface area (Å²) in [5.41, 5.74) is 0.285. The molecule has 2 unspecified atom stereocenters. The Balaban J connectivity index is 1.86. The molecule has 2 rings (SSSR count). The topological polar surface area (TPSA) is 41.1 Å². The zero-order valence-electron chi connectivity index (χ0n) is 10.7. The van der Waals surface area contributed by atoms with Crippen LogP contribution in [0.4, 0.5) is 0 Å². The molecule has 3 nitrogen and oxygen atoms in total. The van der Waals surface area contributed by atoms with Crippen LogP contribution < -0.4 is 10.6 Å². The van der Waals surface area contributed by atoms with Crippen molar-refractivity contribution in [1.82, 2.24) is 10.6 Å². The molecule has 0 radical (unpaired) electrons. The molecule has 0 aromatic rings. The minimum absolute atomic E-state index is 0.164. The summed E-state index contributed by atoms with van der Waals surface area (Å²) in [4.78, 5) is 12.1. The fourth-order valence-electron chi connectivity index (χ4n) is 2.78. The molecule has 92 valence electrons. The third kappa shape index (κ3) is 2.24. The summed E-state index contributed by atoms with van der Waals surface area (Å²) in [7, 11) is 0. The standard InChI is InChI=1S/C13H24N2O/c1-9(10-7-14-8-10)12(16)15-11-5-4-6-13(11,2)3/h9-11,14H,4-8H2,1-3H3,(H,15,16). The van der Waals surface area contributed by atoms with Crippen molar-refractivity contribution in [2.45, 2.75) is 46.1 Å². The number of hydrogen-bond donors (Lipinski definition) is 2. The van der Waals surface area contributed by atoms with Crippen LogP contribution in [0.3, 0.4) is 0 Å². The summed E-state index contributed by atoms with van der Waals surface area (Å²) in [5, 5.41) is 6.48. The number of hydrogen-bond acceptors (Lipinski definition) is 2. The molecular weight excluding hydrogens is 200 g/mol. The zero-order chi connectivity index (χ0) is 11.8. The maximum atomic E-state index is 12.1. The van der Waals surface area contributed by atoms with Gasteiger partial charge in [0.2, 0.25) is 5.91 Å². The molecule has 0 aromatic heterocycles. The van der Waals surface area contributed by atoms with Crippen molar-refractivity contribution in [2.24, 2.45) is 17.3 Å². The molecule has 1 saturated heterocycles. The quantitative estimate of drug-likeness (QED) is 0.763. The van der Waals surface area contributed by atoms with Gasteiger partial charge in [-0.1, -0.05) is 27.2 Å². The van der Waals surface area contributed by atoms with Gasteiger partial charge in [0.15, 0.2) is 0 Å². The van der Waals surface area contributed by atoms with Crippen LogP contribution in [0.15, 0.2) is 0 Å². The normalized spacial score (nSPS) is 30.8. The van der Waals surface area contributed by atoms with Crippen LogP contribution in [-0.2, 0) is 4.79 Å². The van der Waals surface area contributed by atoms with Gasteiger partial charge in [-0.3, -0.25) is 4.79 Å². The van der Waals surface area contributed by atoms with E-state index >= 15 is 0 Å². The van der Waals surface area contributed by atoms with E-state index in [0.717, 1.165) is 19.5 Å². The maximum absolute atomic E-state index is 12.1. The van der Waals surface area contributed by atoms with E-state index < -0.39 is 0 Å². The lowest BCUT2D eigenvalue weighted by molar-refractivity contribution is -0.128. The highest BCUT2D eigenvalue weighted by Gasteiger charge is 2.37. The second kappa shape index (κ2) is 4.36. The number of amides is 1. The zero-order valence-corrected chi connectivity index (χ0v) is 10.7. The lowest BCUT2D eigenvalue weighted by atomic mass is 9.85. The van der Waals surface area contributed by atoms with Crippen LogP contribution in [0.5, 0.6) is 0 Å². The third-order valence-electron chi connectivity index (χ3n) is 4.51. The molecule has 2 atom stereocenters. The average molecular weight is 224 g/mol. The number of carbonyl (C=O) groups excluding carboxylic acids is 1. The summed E-state index contributed by atoms with van der Waals surface area (Å²) in [6.45, 7) is 8.59. The van der Waals surface area contributed by atoms with Gasteiger partial charge in [-0.05, 0) is 37.3 Å². The molecule has 0 bridgehead atoms. The van der Waals surface area contributed by atoms with Gasteiger partial charge in [-0.15, -0.1) is 0 Å². The van der Waals surface area contributed by atoms with Gasteiger partial charge in [-0.2, -0.15) is 0 Å². The van der Waals surface area contributed by atoms with Crippen molar-refractivity contribution >= 4 is 5.91 Å². The minimum Gasteiger partial charge on any atom is -0.353 e. The van der Waals surface area contributed by atoms with Gasteiger partial charge in [-0.25, -0.2) is 0 Å². The Labute approximate surface area is 98.4 Å². The van der Waals surface area contributed by atoms with E-state index in [1.54, 1.807) is 0 Å². The monoisotopic (exact) mass is 224 g/mol. The van der Waals surface area contributed by atoms with Gasteiger partial charge in [0.05, 0.1) is 0 Å². The average Bonchev–Trinajstić information content (AvgIpc) is 2.43. The van der Waals surface area contributed by atoms with E-state index in [1.165, 1.54) is 12.8 Å². The Kier molecular flexibility index (Phi) is 3.24. The summed E-state index contributed by atoms with van der Waals surface area (Å²) in [6, 6.07) is 0.385. The molecule has 16 heavy (non-hydrogen) atoms. The molecule has 0 spiro atoms. The van der Waals surface area contributed by atoms with Crippen LogP contribution >= 0.6 is 0 Å². The molecule has 2 aliphatic rings. The molecule has 1 aliphatic carbocycles. The summed E-state index contributed by atoms with van der Waals surface area (Å²) in [6.07, 6.45) is 3.63. The SMILES string of the molecule is CC(C(=O)NC1CCCC1(C)C)C1CNC1. The van der Waals surface area contributed by atoms with Crippen molar-refractivity contribution in [3.8, 4) is 0 Å². The lowest BCUT2D eigenvalue weighted by Gasteiger charge is -2.34. The first kappa shape index (κ1) is 11.9. The molecule has 2 N–H and O–H groups in total. The molecule has 3 heteroatoms. The fourth-order valence-corrected chi connectivity index (χ4v) is 2.78. The Morgan fingerprint density at radius 2 is 2.12 bits per heavy atom. The molecular formula is C13H24N2O. The van der Waals surface area contributed by atoms with Crippen LogP contribution in [0, 0.1) is 17.3 Å². The Hall–Kier alpha value is -0.570. The van der Waals surface area contributed by atoms with E-state index in [9.17, 15) is 4.79 Å². The molecule has 2 fully saturated rings. The molecule has 1 amide bonds. The first-order valence-corrected chi connectivity index (χ1v) is 6.52. The molecule has 1 saturated carbocycles. The summed E-state index contributed by atoms with van der Waals surface area (Å²) < 4.78 is 0. The second-order valence-electron chi connectivity index (χ2n) is 6.15. The summed E-state index contributed by atoms with van der Waals surface area (Å²) >= 11 is 0. The van der Waals surface area contributed by atoms with Crippen LogP contribution in [-0.4, -0.2) is 25.0 Å². The Morgan fingerprint density at radius 3 is 2.56 bits per heavy atom. The lowest BCUT2D eigenvalue weighted by Crippen LogP contribution is -2.52. The fraction of sp³-hybridized carbons (Fsp3) is 0.923. The molecule has 1 heterocycles. The van der Waals surface area contributed by atoms with Gasteiger partial charge >= 0.3 is 0 Å². The van der Waals surface area contributed by atoms with Crippen molar-refractivity contribution in [3.05, 3.63) is 0 Å². The van der Waals surface area contributed by atoms with E-state index in [1.807, 2.05) is 0 Å². The predicted octanol–water partition coefficient (Wildman–Crippen LogP) is 1.54. The minimum atomic E-state index is 0.164. The third-order valence-corrected chi connectivity index (χ3v) is 4.51. The van der Waals surface area contributed by atoms with Crippen molar-refractivity contribution < 1.29 is 4.79 Å². The number of nitrogens with one attached hydrogen (secondary N) is 2. The highest BCUT2D eigenvalue weighted by molar-refractivity contribution is 5.79. The maximum Gasteiger partial charge on any atom is 0.223 e. The van der Waals surface area contributed by atoms with E-state index in [4.69, 9.17) is 0 Å². The van der Waals surface area contributed by atoms with Crippen LogP contribution in [0.25, 0.3) is 0 Å². The molecule has 0 aromatic carbocycles. The van der Waals surface area contributed by atoms with Crippen molar-refractivity contribution in [3.63, 3.8) is 0 Å². The second-order valence-corrected chi connectivity index (χ2v) is 6.15. The van der Waals surface area contributed by atoms with Gasteiger partial charge in [0.1, 0.15) is 0 Å². The first-order valence-electron chi connectivity index (χ1n) is 6.52. The Morgan fingerprint density at radius 1 is 1.44 bits per heavy atom. The van der Waals surface area contributed by atoms with Crippen LogP contribution in [0.2, 0.25) is 0 Å². The number of rotatable bonds is 3. The Bertz CT molecular complexity index is 271. The largest absolute Gasteiger partial charge is 0.353 e. The van der Waals surface area contributed by atoms with Gasteiger partial charge in [0.25, 0.3) is 0 Å².